The van der Waals surface area contributed by atoms with E-state index in [1.165, 1.54) is 4.88 Å². The molecule has 0 spiro atoms. The Bertz CT molecular complexity index is 681. The normalized spacial score (nSPS) is 10.8. The fraction of sp³-hybridized carbons (Fsp3) is 0.143. The van der Waals surface area contributed by atoms with Crippen LogP contribution < -0.4 is 5.32 Å². The third-order valence-electron chi connectivity index (χ3n) is 2.68. The van der Waals surface area contributed by atoms with Gasteiger partial charge >= 0.3 is 0 Å². The molecule has 102 valence electrons. The zero-order valence-corrected chi connectivity index (χ0v) is 12.9. The van der Waals surface area contributed by atoms with Crippen LogP contribution in [0.4, 0.5) is 0 Å². The molecule has 3 rings (SSSR count). The standard InChI is InChI=1S/C14H12BrN3OS/c15-11-6-12(20-9-11)7-16-8-13-17-18-14(19-13)10-4-2-1-3-5-10/h1-6,9,16H,7-8H2. The van der Waals surface area contributed by atoms with Gasteiger partial charge < -0.3 is 9.73 Å². The van der Waals surface area contributed by atoms with E-state index in [2.05, 4.69) is 42.9 Å². The van der Waals surface area contributed by atoms with Crippen molar-refractivity contribution in [3.05, 3.63) is 57.0 Å². The molecular weight excluding hydrogens is 338 g/mol. The molecule has 4 nitrogen and oxygen atoms in total. The third kappa shape index (κ3) is 3.33. The maximum absolute atomic E-state index is 5.62. The molecule has 0 saturated carbocycles. The predicted molar refractivity (Wildman–Crippen MR) is 82.3 cm³/mol. The molecular formula is C14H12BrN3OS. The van der Waals surface area contributed by atoms with E-state index in [9.17, 15) is 0 Å². The second kappa shape index (κ2) is 6.30. The minimum absolute atomic E-state index is 0.557. The van der Waals surface area contributed by atoms with Gasteiger partial charge in [0.2, 0.25) is 11.8 Å². The SMILES string of the molecule is Brc1csc(CNCc2nnc(-c3ccccc3)o2)c1. The molecule has 0 radical (unpaired) electrons. The Morgan fingerprint density at radius 2 is 2.00 bits per heavy atom. The van der Waals surface area contributed by atoms with Crippen molar-refractivity contribution < 1.29 is 4.42 Å². The number of halogens is 1. The number of thiophene rings is 1. The van der Waals surface area contributed by atoms with Gasteiger partial charge in [-0.2, -0.15) is 0 Å². The number of nitrogens with zero attached hydrogens (tertiary/aromatic N) is 2. The molecule has 0 fully saturated rings. The molecule has 0 unspecified atom stereocenters. The maximum Gasteiger partial charge on any atom is 0.247 e. The predicted octanol–water partition coefficient (Wildman–Crippen LogP) is 3.85. The Morgan fingerprint density at radius 1 is 1.15 bits per heavy atom. The summed E-state index contributed by atoms with van der Waals surface area (Å²) < 4.78 is 6.74. The van der Waals surface area contributed by atoms with E-state index in [0.717, 1.165) is 16.6 Å². The average molecular weight is 350 g/mol. The van der Waals surface area contributed by atoms with Gasteiger partial charge in [-0.1, -0.05) is 18.2 Å². The summed E-state index contributed by atoms with van der Waals surface area (Å²) in [5, 5.41) is 13.5. The number of rotatable bonds is 5. The quantitative estimate of drug-likeness (QED) is 0.759. The zero-order chi connectivity index (χ0) is 13.8. The monoisotopic (exact) mass is 349 g/mol. The summed E-state index contributed by atoms with van der Waals surface area (Å²) >= 11 is 5.15. The minimum Gasteiger partial charge on any atom is -0.419 e. The Morgan fingerprint density at radius 3 is 2.75 bits per heavy atom. The first-order valence-electron chi connectivity index (χ1n) is 6.13. The highest BCUT2D eigenvalue weighted by Gasteiger charge is 2.07. The first kappa shape index (κ1) is 13.5. The van der Waals surface area contributed by atoms with E-state index in [1.54, 1.807) is 11.3 Å². The van der Waals surface area contributed by atoms with Crippen molar-refractivity contribution in [3.8, 4) is 11.5 Å². The van der Waals surface area contributed by atoms with Crippen LogP contribution in [-0.4, -0.2) is 10.2 Å². The second-order valence-corrected chi connectivity index (χ2v) is 6.11. The van der Waals surface area contributed by atoms with E-state index in [1.807, 2.05) is 30.3 Å². The van der Waals surface area contributed by atoms with Crippen molar-refractivity contribution in [1.82, 2.24) is 15.5 Å². The number of benzene rings is 1. The largest absolute Gasteiger partial charge is 0.419 e. The Labute approximate surface area is 129 Å². The summed E-state index contributed by atoms with van der Waals surface area (Å²) in [6.07, 6.45) is 0. The highest BCUT2D eigenvalue weighted by atomic mass is 79.9. The lowest BCUT2D eigenvalue weighted by Crippen LogP contribution is -2.11. The van der Waals surface area contributed by atoms with Crippen LogP contribution in [0.5, 0.6) is 0 Å². The Balaban J connectivity index is 1.58. The van der Waals surface area contributed by atoms with Crippen LogP contribution in [-0.2, 0) is 13.1 Å². The number of hydrogen-bond donors (Lipinski definition) is 1. The van der Waals surface area contributed by atoms with Crippen molar-refractivity contribution in [2.24, 2.45) is 0 Å². The summed E-state index contributed by atoms with van der Waals surface area (Å²) in [5.41, 5.74) is 0.938. The first-order valence-corrected chi connectivity index (χ1v) is 7.80. The van der Waals surface area contributed by atoms with E-state index < -0.39 is 0 Å². The van der Waals surface area contributed by atoms with Crippen LogP contribution in [0.2, 0.25) is 0 Å². The number of nitrogens with one attached hydrogen (secondary N) is 1. The summed E-state index contributed by atoms with van der Waals surface area (Å²) in [5.74, 6) is 1.15. The number of aromatic nitrogens is 2. The van der Waals surface area contributed by atoms with Gasteiger partial charge in [-0.05, 0) is 34.1 Å². The summed E-state index contributed by atoms with van der Waals surface area (Å²) in [6.45, 7) is 1.36. The van der Waals surface area contributed by atoms with E-state index in [4.69, 9.17) is 4.42 Å². The molecule has 2 aromatic heterocycles. The molecule has 0 atom stereocenters. The number of hydrogen-bond acceptors (Lipinski definition) is 5. The second-order valence-electron chi connectivity index (χ2n) is 4.20. The van der Waals surface area contributed by atoms with Crippen LogP contribution in [0, 0.1) is 0 Å². The van der Waals surface area contributed by atoms with Gasteiger partial charge in [-0.15, -0.1) is 21.5 Å². The Hall–Kier alpha value is -1.50. The van der Waals surface area contributed by atoms with Gasteiger partial charge in [-0.25, -0.2) is 0 Å². The van der Waals surface area contributed by atoms with Gasteiger partial charge in [-0.3, -0.25) is 0 Å². The molecule has 2 heterocycles. The fourth-order valence-corrected chi connectivity index (χ4v) is 3.18. The van der Waals surface area contributed by atoms with Crippen molar-refractivity contribution in [3.63, 3.8) is 0 Å². The van der Waals surface area contributed by atoms with Gasteiger partial charge in [0, 0.05) is 26.8 Å². The molecule has 0 aliphatic heterocycles. The molecule has 20 heavy (non-hydrogen) atoms. The van der Waals surface area contributed by atoms with E-state index in [0.29, 0.717) is 18.3 Å². The van der Waals surface area contributed by atoms with Gasteiger partial charge in [0.05, 0.1) is 6.54 Å². The van der Waals surface area contributed by atoms with Crippen LogP contribution >= 0.6 is 27.3 Å². The van der Waals surface area contributed by atoms with Gasteiger partial charge in [0.15, 0.2) is 0 Å². The fourth-order valence-electron chi connectivity index (χ4n) is 1.76. The van der Waals surface area contributed by atoms with Crippen LogP contribution in [0.3, 0.4) is 0 Å². The Kier molecular flexibility index (Phi) is 4.25. The van der Waals surface area contributed by atoms with Crippen LogP contribution in [0.1, 0.15) is 10.8 Å². The van der Waals surface area contributed by atoms with Crippen molar-refractivity contribution >= 4 is 27.3 Å². The lowest BCUT2D eigenvalue weighted by Gasteiger charge is -1.98. The highest BCUT2D eigenvalue weighted by molar-refractivity contribution is 9.10. The lowest BCUT2D eigenvalue weighted by molar-refractivity contribution is 0.478. The maximum atomic E-state index is 5.62. The summed E-state index contributed by atoms with van der Waals surface area (Å²) in [7, 11) is 0. The molecule has 1 N–H and O–H groups in total. The molecule has 0 amide bonds. The molecule has 0 saturated heterocycles. The smallest absolute Gasteiger partial charge is 0.247 e. The van der Waals surface area contributed by atoms with Crippen LogP contribution in [0.25, 0.3) is 11.5 Å². The molecule has 0 aliphatic rings. The lowest BCUT2D eigenvalue weighted by atomic mass is 10.2. The summed E-state index contributed by atoms with van der Waals surface area (Å²) in [4.78, 5) is 1.26. The van der Waals surface area contributed by atoms with Crippen molar-refractivity contribution in [2.75, 3.05) is 0 Å². The van der Waals surface area contributed by atoms with Gasteiger partial charge in [0.25, 0.3) is 0 Å². The van der Waals surface area contributed by atoms with Crippen LogP contribution in [0.15, 0.2) is 50.7 Å². The molecule has 6 heteroatoms. The topological polar surface area (TPSA) is 51.0 Å². The third-order valence-corrected chi connectivity index (χ3v) is 4.38. The summed E-state index contributed by atoms with van der Waals surface area (Å²) in [6, 6.07) is 11.9. The van der Waals surface area contributed by atoms with Gasteiger partial charge in [0.1, 0.15) is 0 Å². The zero-order valence-electron chi connectivity index (χ0n) is 10.5. The molecule has 0 bridgehead atoms. The molecule has 3 aromatic rings. The van der Waals surface area contributed by atoms with Crippen molar-refractivity contribution in [1.29, 1.82) is 0 Å². The molecule has 0 aliphatic carbocycles. The van der Waals surface area contributed by atoms with Crippen molar-refractivity contribution in [2.45, 2.75) is 13.1 Å². The van der Waals surface area contributed by atoms with E-state index >= 15 is 0 Å². The highest BCUT2D eigenvalue weighted by Crippen LogP contribution is 2.20. The molecule has 1 aromatic carbocycles. The van der Waals surface area contributed by atoms with E-state index in [-0.39, 0.29) is 0 Å². The minimum atomic E-state index is 0.557. The average Bonchev–Trinajstić information content (AvgIpc) is 3.09. The first-order chi connectivity index (χ1) is 9.81.